The summed E-state index contributed by atoms with van der Waals surface area (Å²) in [5, 5.41) is 10.6. The van der Waals surface area contributed by atoms with Crippen molar-refractivity contribution in [3.05, 3.63) is 0 Å². The van der Waals surface area contributed by atoms with Gasteiger partial charge in [0.2, 0.25) is 0 Å². The highest BCUT2D eigenvalue weighted by atomic mass is 16.5. The molecule has 10 atom stereocenters. The van der Waals surface area contributed by atoms with Gasteiger partial charge in [0.25, 0.3) is 0 Å². The highest BCUT2D eigenvalue weighted by molar-refractivity contribution is 5.79. The van der Waals surface area contributed by atoms with Gasteiger partial charge in [-0.05, 0) is 93.3 Å². The number of Topliss-reactive ketones (excluding diaryl/α,β-unsaturated/α-hetero) is 1. The number of carbonyl (C=O) groups excluding carboxylic acids is 1. The highest BCUT2D eigenvalue weighted by Crippen LogP contribution is 2.67. The minimum absolute atomic E-state index is 0.0518. The summed E-state index contributed by atoms with van der Waals surface area (Å²) in [5.41, 5.74) is 7.16. The Bertz CT molecular complexity index is 594. The first-order chi connectivity index (χ1) is 12.7. The SMILES string of the molecule is CCOC1C[C@@]2(C)C(CC[C@H]3[C@@H]4CC[C@H](C(C)=O)[C@@]4(C)CC(N)[C@@H]32)CC1O. The van der Waals surface area contributed by atoms with Crippen molar-refractivity contribution >= 4 is 5.78 Å². The molecule has 0 aliphatic heterocycles. The summed E-state index contributed by atoms with van der Waals surface area (Å²) in [4.78, 5) is 12.3. The fourth-order valence-electron chi connectivity index (χ4n) is 8.57. The van der Waals surface area contributed by atoms with Crippen LogP contribution in [0.15, 0.2) is 0 Å². The van der Waals surface area contributed by atoms with E-state index in [9.17, 15) is 9.90 Å². The van der Waals surface area contributed by atoms with Gasteiger partial charge < -0.3 is 15.6 Å². The van der Waals surface area contributed by atoms with Crippen LogP contribution in [0.4, 0.5) is 0 Å². The van der Waals surface area contributed by atoms with Crippen molar-refractivity contribution in [1.82, 2.24) is 0 Å². The fraction of sp³-hybridized carbons (Fsp3) is 0.957. The third kappa shape index (κ3) is 2.85. The van der Waals surface area contributed by atoms with Crippen LogP contribution in [0.2, 0.25) is 0 Å². The van der Waals surface area contributed by atoms with Crippen LogP contribution in [0.1, 0.15) is 72.6 Å². The molecule has 4 unspecified atom stereocenters. The van der Waals surface area contributed by atoms with Crippen LogP contribution in [-0.4, -0.2) is 35.7 Å². The zero-order valence-corrected chi connectivity index (χ0v) is 17.6. The topological polar surface area (TPSA) is 72.5 Å². The van der Waals surface area contributed by atoms with Gasteiger partial charge >= 0.3 is 0 Å². The van der Waals surface area contributed by atoms with E-state index in [1.807, 2.05) is 6.92 Å². The summed E-state index contributed by atoms with van der Waals surface area (Å²) < 4.78 is 5.94. The molecule has 27 heavy (non-hydrogen) atoms. The van der Waals surface area contributed by atoms with E-state index in [1.165, 1.54) is 19.3 Å². The van der Waals surface area contributed by atoms with E-state index in [4.69, 9.17) is 10.5 Å². The number of ether oxygens (including phenoxy) is 1. The van der Waals surface area contributed by atoms with Crippen molar-refractivity contribution < 1.29 is 14.6 Å². The van der Waals surface area contributed by atoms with Gasteiger partial charge in [0.05, 0.1) is 12.2 Å². The number of hydrogen-bond donors (Lipinski definition) is 2. The standard InChI is InChI=1S/C23H39NO3/c1-5-27-20-12-22(3)14(10-19(20)26)6-7-15-17-9-8-16(13(2)25)23(17,4)11-18(24)21(15)22/h14-21,26H,5-12,24H2,1-4H3/t14?,15-,16+,17-,18?,19?,20?,21+,22-,23+/m0/s1. The lowest BCUT2D eigenvalue weighted by Crippen LogP contribution is -2.63. The molecule has 4 rings (SSSR count). The van der Waals surface area contributed by atoms with Crippen molar-refractivity contribution in [1.29, 1.82) is 0 Å². The van der Waals surface area contributed by atoms with E-state index < -0.39 is 0 Å². The molecule has 0 aromatic carbocycles. The molecule has 0 aromatic rings. The molecule has 0 saturated heterocycles. The van der Waals surface area contributed by atoms with Crippen LogP contribution in [0.3, 0.4) is 0 Å². The number of fused-ring (bicyclic) bond motifs is 5. The van der Waals surface area contributed by atoms with E-state index in [-0.39, 0.29) is 35.0 Å². The van der Waals surface area contributed by atoms with Crippen LogP contribution < -0.4 is 5.73 Å². The number of aliphatic hydroxyl groups is 1. The average molecular weight is 378 g/mol. The van der Waals surface area contributed by atoms with Crippen LogP contribution in [-0.2, 0) is 9.53 Å². The Balaban J connectivity index is 1.65. The molecule has 154 valence electrons. The summed E-state index contributed by atoms with van der Waals surface area (Å²) in [6.45, 7) is 9.25. The molecule has 4 nitrogen and oxygen atoms in total. The van der Waals surface area contributed by atoms with Crippen molar-refractivity contribution in [2.75, 3.05) is 6.61 Å². The van der Waals surface area contributed by atoms with E-state index in [0.29, 0.717) is 36.1 Å². The number of rotatable bonds is 3. The van der Waals surface area contributed by atoms with Crippen LogP contribution in [0.5, 0.6) is 0 Å². The Kier molecular flexibility index (Phi) is 5.01. The maximum Gasteiger partial charge on any atom is 0.133 e. The number of nitrogens with two attached hydrogens (primary N) is 1. The zero-order chi connectivity index (χ0) is 19.6. The summed E-state index contributed by atoms with van der Waals surface area (Å²) in [7, 11) is 0. The van der Waals surface area contributed by atoms with Crippen LogP contribution >= 0.6 is 0 Å². The maximum atomic E-state index is 12.3. The highest BCUT2D eigenvalue weighted by Gasteiger charge is 2.63. The predicted octanol–water partition coefficient (Wildman–Crippen LogP) is 3.55. The molecule has 4 aliphatic rings. The first-order valence-electron chi connectivity index (χ1n) is 11.3. The molecular weight excluding hydrogens is 338 g/mol. The van der Waals surface area contributed by atoms with Gasteiger partial charge in [-0.2, -0.15) is 0 Å². The second kappa shape index (κ2) is 6.81. The van der Waals surface area contributed by atoms with Gasteiger partial charge in [0.1, 0.15) is 5.78 Å². The molecule has 4 aliphatic carbocycles. The van der Waals surface area contributed by atoms with E-state index in [0.717, 1.165) is 25.7 Å². The average Bonchev–Trinajstić information content (AvgIpc) is 2.92. The lowest BCUT2D eigenvalue weighted by atomic mass is 9.43. The molecule has 4 fully saturated rings. The lowest BCUT2D eigenvalue weighted by molar-refractivity contribution is -0.176. The van der Waals surface area contributed by atoms with Crippen molar-refractivity contribution in [3.63, 3.8) is 0 Å². The molecule has 0 radical (unpaired) electrons. The molecule has 3 N–H and O–H groups in total. The fourth-order valence-corrected chi connectivity index (χ4v) is 8.57. The minimum atomic E-state index is -0.335. The zero-order valence-electron chi connectivity index (χ0n) is 17.6. The van der Waals surface area contributed by atoms with Gasteiger partial charge in [0.15, 0.2) is 0 Å². The van der Waals surface area contributed by atoms with Gasteiger partial charge in [-0.3, -0.25) is 4.79 Å². The number of carbonyl (C=O) groups is 1. The van der Waals surface area contributed by atoms with Crippen LogP contribution in [0.25, 0.3) is 0 Å². The predicted molar refractivity (Wildman–Crippen MR) is 106 cm³/mol. The molecule has 0 aromatic heterocycles. The van der Waals surface area contributed by atoms with Gasteiger partial charge in [-0.15, -0.1) is 0 Å². The Labute approximate surface area is 164 Å². The summed E-state index contributed by atoms with van der Waals surface area (Å²) in [6, 6.07) is 0.154. The summed E-state index contributed by atoms with van der Waals surface area (Å²) >= 11 is 0. The molecule has 0 bridgehead atoms. The molecule has 4 heteroatoms. The third-order valence-electron chi connectivity index (χ3n) is 9.53. The van der Waals surface area contributed by atoms with Gasteiger partial charge in [0, 0.05) is 18.6 Å². The number of ketones is 1. The second-order valence-corrected chi connectivity index (χ2v) is 10.7. The first kappa shape index (κ1) is 19.8. The Morgan fingerprint density at radius 1 is 1.15 bits per heavy atom. The number of hydrogen-bond acceptors (Lipinski definition) is 4. The monoisotopic (exact) mass is 377 g/mol. The normalized spacial score (nSPS) is 54.7. The van der Waals surface area contributed by atoms with Crippen molar-refractivity contribution in [2.45, 2.75) is 90.9 Å². The Morgan fingerprint density at radius 2 is 1.89 bits per heavy atom. The molecule has 0 heterocycles. The van der Waals surface area contributed by atoms with Gasteiger partial charge in [-0.25, -0.2) is 0 Å². The molecular formula is C23H39NO3. The molecule has 0 spiro atoms. The molecule has 0 amide bonds. The minimum Gasteiger partial charge on any atom is -0.390 e. The van der Waals surface area contributed by atoms with Crippen LogP contribution in [0, 0.1) is 40.4 Å². The third-order valence-corrected chi connectivity index (χ3v) is 9.53. The number of aliphatic hydroxyl groups excluding tert-OH is 1. The van der Waals surface area contributed by atoms with Gasteiger partial charge in [-0.1, -0.05) is 13.8 Å². The van der Waals surface area contributed by atoms with Crippen molar-refractivity contribution in [3.8, 4) is 0 Å². The second-order valence-electron chi connectivity index (χ2n) is 10.7. The smallest absolute Gasteiger partial charge is 0.133 e. The Hall–Kier alpha value is -0.450. The quantitative estimate of drug-likeness (QED) is 0.789. The maximum absolute atomic E-state index is 12.3. The Morgan fingerprint density at radius 3 is 2.56 bits per heavy atom. The lowest BCUT2D eigenvalue weighted by Gasteiger charge is -2.63. The van der Waals surface area contributed by atoms with E-state index >= 15 is 0 Å². The summed E-state index contributed by atoms with van der Waals surface area (Å²) in [6.07, 6.45) is 7.03. The first-order valence-corrected chi connectivity index (χ1v) is 11.3. The summed E-state index contributed by atoms with van der Waals surface area (Å²) in [5.74, 6) is 2.86. The largest absolute Gasteiger partial charge is 0.390 e. The molecule has 4 saturated carbocycles. The van der Waals surface area contributed by atoms with E-state index in [1.54, 1.807) is 6.92 Å². The van der Waals surface area contributed by atoms with E-state index in [2.05, 4.69) is 13.8 Å². The van der Waals surface area contributed by atoms with Crippen molar-refractivity contribution in [2.24, 2.45) is 46.2 Å².